The average Bonchev–Trinajstić information content (AvgIpc) is 3.15. The third-order valence-electron chi connectivity index (χ3n) is 4.51. The van der Waals surface area contributed by atoms with Crippen LogP contribution < -0.4 is 20.3 Å². The van der Waals surface area contributed by atoms with Crippen molar-refractivity contribution in [3.63, 3.8) is 0 Å². The number of benzene rings is 2. The van der Waals surface area contributed by atoms with Crippen LogP contribution in [0.25, 0.3) is 0 Å². The summed E-state index contributed by atoms with van der Waals surface area (Å²) in [6.07, 6.45) is 1.00. The fourth-order valence-electron chi connectivity index (χ4n) is 3.18. The number of nitrogens with one attached hydrogen (secondary N) is 2. The zero-order valence-electron chi connectivity index (χ0n) is 15.6. The fourth-order valence-corrected chi connectivity index (χ4v) is 3.18. The molecule has 0 spiro atoms. The van der Waals surface area contributed by atoms with Crippen molar-refractivity contribution in [2.45, 2.75) is 25.6 Å². The zero-order chi connectivity index (χ0) is 19.1. The van der Waals surface area contributed by atoms with E-state index in [-0.39, 0.29) is 35.8 Å². The van der Waals surface area contributed by atoms with Gasteiger partial charge in [-0.25, -0.2) is 0 Å². The van der Waals surface area contributed by atoms with E-state index in [0.717, 1.165) is 19.5 Å². The molecule has 1 fully saturated rings. The normalized spacial score (nSPS) is 16.6. The lowest BCUT2D eigenvalue weighted by atomic mass is 10.2. The van der Waals surface area contributed by atoms with E-state index in [0.29, 0.717) is 18.1 Å². The summed E-state index contributed by atoms with van der Waals surface area (Å²) in [5.41, 5.74) is 1.86. The minimum atomic E-state index is -2.84. The van der Waals surface area contributed by atoms with Gasteiger partial charge in [-0.15, -0.1) is 24.0 Å². The van der Waals surface area contributed by atoms with Crippen molar-refractivity contribution in [1.82, 2.24) is 10.6 Å². The summed E-state index contributed by atoms with van der Waals surface area (Å²) in [7, 11) is 1.70. The van der Waals surface area contributed by atoms with E-state index in [1.165, 1.54) is 11.8 Å². The fraction of sp³-hybridized carbons (Fsp3) is 0.350. The largest absolute Gasteiger partial charge is 0.434 e. The molecule has 2 aromatic rings. The van der Waals surface area contributed by atoms with Crippen molar-refractivity contribution < 1.29 is 13.5 Å². The lowest BCUT2D eigenvalue weighted by Gasteiger charge is -2.20. The van der Waals surface area contributed by atoms with E-state index < -0.39 is 6.61 Å². The second-order valence-corrected chi connectivity index (χ2v) is 6.32. The number of rotatable bonds is 6. The van der Waals surface area contributed by atoms with E-state index >= 15 is 0 Å². The molecule has 28 heavy (non-hydrogen) atoms. The van der Waals surface area contributed by atoms with Gasteiger partial charge in [0.15, 0.2) is 5.96 Å². The lowest BCUT2D eigenvalue weighted by Crippen LogP contribution is -2.44. The maximum absolute atomic E-state index is 12.5. The first-order valence-corrected chi connectivity index (χ1v) is 8.95. The molecule has 2 aromatic carbocycles. The molecule has 0 radical (unpaired) electrons. The molecule has 0 aromatic heterocycles. The molecule has 1 atom stereocenters. The van der Waals surface area contributed by atoms with Gasteiger partial charge in [-0.3, -0.25) is 4.99 Å². The van der Waals surface area contributed by atoms with Crippen LogP contribution in [-0.2, 0) is 6.54 Å². The lowest BCUT2D eigenvalue weighted by molar-refractivity contribution is -0.0504. The minimum Gasteiger partial charge on any atom is -0.434 e. The Morgan fingerprint density at radius 2 is 1.89 bits per heavy atom. The molecule has 2 N–H and O–H groups in total. The number of alkyl halides is 2. The first kappa shape index (κ1) is 22.2. The summed E-state index contributed by atoms with van der Waals surface area (Å²) in [6, 6.07) is 17.3. The van der Waals surface area contributed by atoms with Crippen molar-refractivity contribution in [3.05, 3.63) is 60.2 Å². The van der Waals surface area contributed by atoms with E-state index in [4.69, 9.17) is 0 Å². The molecule has 8 heteroatoms. The highest BCUT2D eigenvalue weighted by Gasteiger charge is 2.23. The van der Waals surface area contributed by atoms with Crippen molar-refractivity contribution in [1.29, 1.82) is 0 Å². The molecule has 152 valence electrons. The van der Waals surface area contributed by atoms with E-state index in [1.807, 2.05) is 18.2 Å². The summed E-state index contributed by atoms with van der Waals surface area (Å²) in [6.45, 7) is -0.636. The van der Waals surface area contributed by atoms with E-state index in [9.17, 15) is 8.78 Å². The highest BCUT2D eigenvalue weighted by molar-refractivity contribution is 14.0. The molecule has 5 nitrogen and oxygen atoms in total. The van der Waals surface area contributed by atoms with Crippen LogP contribution in [0.4, 0.5) is 14.5 Å². The molecule has 3 rings (SSSR count). The number of ether oxygens (including phenoxy) is 1. The molecule has 1 aliphatic heterocycles. The Bertz CT molecular complexity index is 761. The SMILES string of the molecule is CN=C(NCc1ccccc1OC(F)F)NC1CCN(c2ccccc2)C1.I. The second-order valence-electron chi connectivity index (χ2n) is 6.32. The van der Waals surface area contributed by atoms with Crippen LogP contribution in [0.1, 0.15) is 12.0 Å². The number of anilines is 1. The third kappa shape index (κ3) is 6.22. The van der Waals surface area contributed by atoms with Crippen LogP contribution in [0.2, 0.25) is 0 Å². The Balaban J connectivity index is 0.00000280. The van der Waals surface area contributed by atoms with Crippen molar-refractivity contribution in [2.24, 2.45) is 4.99 Å². The maximum Gasteiger partial charge on any atom is 0.387 e. The van der Waals surface area contributed by atoms with E-state index in [1.54, 1.807) is 25.2 Å². The molecular weight excluding hydrogens is 477 g/mol. The van der Waals surface area contributed by atoms with Crippen LogP contribution in [0, 0.1) is 0 Å². The Labute approximate surface area is 181 Å². The van der Waals surface area contributed by atoms with Crippen molar-refractivity contribution in [2.75, 3.05) is 25.0 Å². The van der Waals surface area contributed by atoms with Gasteiger partial charge in [0, 0.05) is 44.0 Å². The Kier molecular flexibility index (Phi) is 8.75. The maximum atomic E-state index is 12.5. The van der Waals surface area contributed by atoms with Gasteiger partial charge in [0.1, 0.15) is 5.75 Å². The molecular formula is C20H25F2IN4O. The topological polar surface area (TPSA) is 48.9 Å². The highest BCUT2D eigenvalue weighted by Crippen LogP contribution is 2.21. The molecule has 0 aliphatic carbocycles. The first-order chi connectivity index (χ1) is 13.2. The van der Waals surface area contributed by atoms with Gasteiger partial charge in [-0.2, -0.15) is 8.78 Å². The quantitative estimate of drug-likeness (QED) is 0.358. The number of aliphatic imine (C=N–C) groups is 1. The standard InChI is InChI=1S/C20H24F2N4O.HI/c1-23-20(24-13-15-7-5-6-10-18(15)27-19(21)22)25-16-11-12-26(14-16)17-8-3-2-4-9-17;/h2-10,16,19H,11-14H2,1H3,(H2,23,24,25);1H. The second kappa shape index (κ2) is 11.0. The molecule has 0 saturated carbocycles. The minimum absolute atomic E-state index is 0. The third-order valence-corrected chi connectivity index (χ3v) is 4.51. The number of hydrogen-bond donors (Lipinski definition) is 2. The zero-order valence-corrected chi connectivity index (χ0v) is 18.0. The summed E-state index contributed by atoms with van der Waals surface area (Å²) < 4.78 is 29.6. The molecule has 1 saturated heterocycles. The molecule has 1 heterocycles. The van der Waals surface area contributed by atoms with Crippen LogP contribution >= 0.6 is 24.0 Å². The Morgan fingerprint density at radius 1 is 1.18 bits per heavy atom. The van der Waals surface area contributed by atoms with Crippen molar-refractivity contribution >= 4 is 35.6 Å². The number of para-hydroxylation sites is 2. The summed E-state index contributed by atoms with van der Waals surface area (Å²) in [5.74, 6) is 0.813. The predicted molar refractivity (Wildman–Crippen MR) is 119 cm³/mol. The van der Waals surface area contributed by atoms with Crippen LogP contribution in [-0.4, -0.2) is 38.8 Å². The smallest absolute Gasteiger partial charge is 0.387 e. The first-order valence-electron chi connectivity index (χ1n) is 8.95. The number of guanidine groups is 1. The van der Waals surface area contributed by atoms with Gasteiger partial charge in [0.2, 0.25) is 0 Å². The number of nitrogens with zero attached hydrogens (tertiary/aromatic N) is 2. The van der Waals surface area contributed by atoms with Crippen LogP contribution in [0.5, 0.6) is 5.75 Å². The average molecular weight is 502 g/mol. The van der Waals surface area contributed by atoms with Crippen molar-refractivity contribution in [3.8, 4) is 5.75 Å². The molecule has 0 bridgehead atoms. The van der Waals surface area contributed by atoms with Gasteiger partial charge in [-0.05, 0) is 24.6 Å². The summed E-state index contributed by atoms with van der Waals surface area (Å²) >= 11 is 0. The van der Waals surface area contributed by atoms with E-state index in [2.05, 4.69) is 37.4 Å². The van der Waals surface area contributed by atoms with Crippen LogP contribution in [0.15, 0.2) is 59.6 Å². The van der Waals surface area contributed by atoms with Gasteiger partial charge in [0.05, 0.1) is 0 Å². The van der Waals surface area contributed by atoms with Crippen LogP contribution in [0.3, 0.4) is 0 Å². The van der Waals surface area contributed by atoms with Gasteiger partial charge < -0.3 is 20.3 Å². The van der Waals surface area contributed by atoms with Gasteiger partial charge >= 0.3 is 6.61 Å². The Morgan fingerprint density at radius 3 is 2.61 bits per heavy atom. The molecule has 1 unspecified atom stereocenters. The molecule has 0 amide bonds. The molecule has 1 aliphatic rings. The summed E-state index contributed by atoms with van der Waals surface area (Å²) in [4.78, 5) is 6.57. The van der Waals surface area contributed by atoms with Gasteiger partial charge in [0.25, 0.3) is 0 Å². The Hall–Kier alpha value is -2.10. The number of halogens is 3. The highest BCUT2D eigenvalue weighted by atomic mass is 127. The van der Waals surface area contributed by atoms with Gasteiger partial charge in [-0.1, -0.05) is 36.4 Å². The predicted octanol–water partition coefficient (Wildman–Crippen LogP) is 3.85. The summed E-state index contributed by atoms with van der Waals surface area (Å²) in [5, 5.41) is 6.58. The monoisotopic (exact) mass is 502 g/mol. The number of hydrogen-bond acceptors (Lipinski definition) is 3.